The van der Waals surface area contributed by atoms with Gasteiger partial charge in [0, 0.05) is 11.5 Å². The Morgan fingerprint density at radius 1 is 1.17 bits per heavy atom. The van der Waals surface area contributed by atoms with E-state index in [1.54, 1.807) is 7.11 Å². The average molecular weight is 370 g/mol. The molecule has 4 heteroatoms. The van der Waals surface area contributed by atoms with Crippen molar-refractivity contribution in [2.75, 3.05) is 38.2 Å². The number of alkyl halides is 1. The molecule has 108 valence electrons. The first-order valence-electron chi connectivity index (χ1n) is 6.68. The van der Waals surface area contributed by atoms with E-state index >= 15 is 0 Å². The van der Waals surface area contributed by atoms with Crippen LogP contribution in [0.3, 0.4) is 0 Å². The maximum atomic E-state index is 5.72. The first-order valence-corrected chi connectivity index (χ1v) is 8.21. The van der Waals surface area contributed by atoms with Gasteiger partial charge in [0.2, 0.25) is 0 Å². The van der Waals surface area contributed by atoms with Crippen LogP contribution in [0.15, 0.2) is 0 Å². The lowest BCUT2D eigenvalue weighted by Gasteiger charge is -2.41. The van der Waals surface area contributed by atoms with Gasteiger partial charge in [-0.25, -0.2) is 0 Å². The van der Waals surface area contributed by atoms with Gasteiger partial charge in [0.15, 0.2) is 0 Å². The van der Waals surface area contributed by atoms with E-state index in [-0.39, 0.29) is 5.41 Å². The van der Waals surface area contributed by atoms with E-state index in [9.17, 15) is 0 Å². The maximum absolute atomic E-state index is 5.72. The topological polar surface area (TPSA) is 27.7 Å². The van der Waals surface area contributed by atoms with Crippen molar-refractivity contribution in [3.63, 3.8) is 0 Å². The minimum atomic E-state index is 0.271. The van der Waals surface area contributed by atoms with E-state index in [1.807, 2.05) is 0 Å². The van der Waals surface area contributed by atoms with Crippen LogP contribution in [-0.4, -0.2) is 38.2 Å². The summed E-state index contributed by atoms with van der Waals surface area (Å²) in [4.78, 5) is 0. The molecule has 0 bridgehead atoms. The lowest BCUT2D eigenvalue weighted by atomic mass is 9.66. The Labute approximate surface area is 125 Å². The summed E-state index contributed by atoms with van der Waals surface area (Å²) in [6.45, 7) is 9.53. The SMILES string of the molecule is COCCOCOC[C@]1(C)CC[C@H](CI)C1(C)C. The van der Waals surface area contributed by atoms with Gasteiger partial charge < -0.3 is 14.2 Å². The first kappa shape index (κ1) is 16.7. The Balaban J connectivity index is 2.32. The van der Waals surface area contributed by atoms with Gasteiger partial charge in [-0.2, -0.15) is 0 Å². The molecule has 1 rings (SSSR count). The molecule has 1 aliphatic rings. The molecule has 0 aromatic carbocycles. The van der Waals surface area contributed by atoms with E-state index in [0.29, 0.717) is 25.4 Å². The van der Waals surface area contributed by atoms with Gasteiger partial charge in [-0.1, -0.05) is 43.4 Å². The number of hydrogen-bond donors (Lipinski definition) is 0. The molecule has 0 unspecified atom stereocenters. The van der Waals surface area contributed by atoms with E-state index < -0.39 is 0 Å². The van der Waals surface area contributed by atoms with E-state index in [0.717, 1.165) is 12.5 Å². The molecule has 18 heavy (non-hydrogen) atoms. The van der Waals surface area contributed by atoms with E-state index in [4.69, 9.17) is 14.2 Å². The van der Waals surface area contributed by atoms with Crippen molar-refractivity contribution in [2.45, 2.75) is 33.6 Å². The zero-order valence-corrected chi connectivity index (χ0v) is 14.3. The van der Waals surface area contributed by atoms with Crippen molar-refractivity contribution in [3.05, 3.63) is 0 Å². The van der Waals surface area contributed by atoms with Gasteiger partial charge in [0.25, 0.3) is 0 Å². The molecule has 3 nitrogen and oxygen atoms in total. The molecule has 1 saturated carbocycles. The number of hydrogen-bond acceptors (Lipinski definition) is 3. The van der Waals surface area contributed by atoms with Crippen LogP contribution in [0.1, 0.15) is 33.6 Å². The van der Waals surface area contributed by atoms with E-state index in [1.165, 1.54) is 17.3 Å². The Morgan fingerprint density at radius 3 is 2.44 bits per heavy atom. The second kappa shape index (κ2) is 7.41. The Kier molecular flexibility index (Phi) is 6.86. The normalized spacial score (nSPS) is 30.8. The molecule has 0 aromatic rings. The molecule has 0 heterocycles. The largest absolute Gasteiger partial charge is 0.382 e. The van der Waals surface area contributed by atoms with Gasteiger partial charge in [-0.3, -0.25) is 0 Å². The first-order chi connectivity index (χ1) is 8.48. The summed E-state index contributed by atoms with van der Waals surface area (Å²) in [6, 6.07) is 0. The molecular formula is C14H27IO3. The van der Waals surface area contributed by atoms with Crippen molar-refractivity contribution < 1.29 is 14.2 Å². The average Bonchev–Trinajstić information content (AvgIpc) is 2.55. The zero-order chi connectivity index (χ0) is 13.6. The highest BCUT2D eigenvalue weighted by Crippen LogP contribution is 2.56. The van der Waals surface area contributed by atoms with Gasteiger partial charge in [0.05, 0.1) is 19.8 Å². The van der Waals surface area contributed by atoms with Crippen LogP contribution >= 0.6 is 22.6 Å². The molecule has 0 aromatic heterocycles. The fraction of sp³-hybridized carbons (Fsp3) is 1.00. The maximum Gasteiger partial charge on any atom is 0.146 e. The minimum absolute atomic E-state index is 0.271. The molecule has 0 aliphatic heterocycles. The molecule has 0 radical (unpaired) electrons. The van der Waals surface area contributed by atoms with E-state index in [2.05, 4.69) is 43.4 Å². The standard InChI is InChI=1S/C14H27IO3/c1-13(2)12(9-15)5-6-14(13,3)10-18-11-17-8-7-16-4/h12H,5-11H2,1-4H3/t12-,14+/m1/s1. The summed E-state index contributed by atoms with van der Waals surface area (Å²) >= 11 is 2.51. The van der Waals surface area contributed by atoms with Crippen LogP contribution in [0.2, 0.25) is 0 Å². The molecule has 0 amide bonds. The second-order valence-corrected chi connectivity index (χ2v) is 6.92. The van der Waals surface area contributed by atoms with Crippen molar-refractivity contribution in [2.24, 2.45) is 16.7 Å². The fourth-order valence-corrected chi connectivity index (χ4v) is 4.27. The number of halogens is 1. The number of methoxy groups -OCH3 is 1. The summed E-state index contributed by atoms with van der Waals surface area (Å²) in [5.74, 6) is 0.807. The van der Waals surface area contributed by atoms with Gasteiger partial charge in [-0.05, 0) is 29.6 Å². The summed E-state index contributed by atoms with van der Waals surface area (Å²) < 4.78 is 17.2. The third-order valence-corrected chi connectivity index (χ3v) is 5.89. The van der Waals surface area contributed by atoms with Crippen molar-refractivity contribution >= 4 is 22.6 Å². The summed E-state index contributed by atoms with van der Waals surface area (Å²) in [5, 5.41) is 0. The quantitative estimate of drug-likeness (QED) is 0.283. The summed E-state index contributed by atoms with van der Waals surface area (Å²) in [6.07, 6.45) is 2.58. The Morgan fingerprint density at radius 2 is 1.89 bits per heavy atom. The van der Waals surface area contributed by atoms with Gasteiger partial charge in [-0.15, -0.1) is 0 Å². The highest BCUT2D eigenvalue weighted by Gasteiger charge is 2.50. The lowest BCUT2D eigenvalue weighted by Crippen LogP contribution is -2.38. The molecule has 1 aliphatic carbocycles. The van der Waals surface area contributed by atoms with Crippen molar-refractivity contribution in [1.29, 1.82) is 0 Å². The van der Waals surface area contributed by atoms with Gasteiger partial charge >= 0.3 is 0 Å². The second-order valence-electron chi connectivity index (χ2n) is 6.04. The van der Waals surface area contributed by atoms with Crippen molar-refractivity contribution in [1.82, 2.24) is 0 Å². The van der Waals surface area contributed by atoms with Gasteiger partial charge in [0.1, 0.15) is 6.79 Å². The lowest BCUT2D eigenvalue weighted by molar-refractivity contribution is -0.105. The smallest absolute Gasteiger partial charge is 0.146 e. The third kappa shape index (κ3) is 3.81. The van der Waals surface area contributed by atoms with Crippen LogP contribution in [0.5, 0.6) is 0 Å². The van der Waals surface area contributed by atoms with Crippen LogP contribution in [0.25, 0.3) is 0 Å². The fourth-order valence-electron chi connectivity index (χ4n) is 2.72. The van der Waals surface area contributed by atoms with Crippen LogP contribution in [0, 0.1) is 16.7 Å². The molecule has 0 spiro atoms. The third-order valence-electron chi connectivity index (χ3n) is 4.83. The monoisotopic (exact) mass is 370 g/mol. The van der Waals surface area contributed by atoms with Crippen LogP contribution in [0.4, 0.5) is 0 Å². The molecule has 0 N–H and O–H groups in total. The minimum Gasteiger partial charge on any atom is -0.382 e. The van der Waals surface area contributed by atoms with Crippen LogP contribution < -0.4 is 0 Å². The molecule has 1 fully saturated rings. The highest BCUT2D eigenvalue weighted by atomic mass is 127. The molecular weight excluding hydrogens is 343 g/mol. The number of ether oxygens (including phenoxy) is 3. The predicted octanol–water partition coefficient (Wildman–Crippen LogP) is 3.50. The Bertz CT molecular complexity index is 245. The molecule has 2 atom stereocenters. The number of rotatable bonds is 8. The van der Waals surface area contributed by atoms with Crippen molar-refractivity contribution in [3.8, 4) is 0 Å². The summed E-state index contributed by atoms with van der Waals surface area (Å²) in [7, 11) is 1.68. The predicted molar refractivity (Wildman–Crippen MR) is 82.1 cm³/mol. The Hall–Kier alpha value is 0.610. The summed E-state index contributed by atoms with van der Waals surface area (Å²) in [5.41, 5.74) is 0.619. The van der Waals surface area contributed by atoms with Crippen LogP contribution in [-0.2, 0) is 14.2 Å². The zero-order valence-electron chi connectivity index (χ0n) is 12.1. The molecule has 0 saturated heterocycles. The highest BCUT2D eigenvalue weighted by molar-refractivity contribution is 14.1.